The number of amides is 1. The predicted octanol–water partition coefficient (Wildman–Crippen LogP) is 4.61. The van der Waals surface area contributed by atoms with Gasteiger partial charge in [-0.15, -0.1) is 5.10 Å². The van der Waals surface area contributed by atoms with Crippen molar-refractivity contribution in [3.63, 3.8) is 0 Å². The number of carbonyl (C=O) groups is 1. The van der Waals surface area contributed by atoms with E-state index in [1.165, 1.54) is 10.9 Å². The normalized spacial score (nSPS) is 12.3. The zero-order valence-corrected chi connectivity index (χ0v) is 19.8. The largest absolute Gasteiger partial charge is 0.490 e. The topological polar surface area (TPSA) is 104 Å². The highest BCUT2D eigenvalue weighted by Crippen LogP contribution is 2.31. The number of hydrogen-bond donors (Lipinski definition) is 1. The average Bonchev–Trinajstić information content (AvgIpc) is 3.56. The van der Waals surface area contributed by atoms with Crippen LogP contribution in [0.4, 0.5) is 0 Å². The second-order valence-electron chi connectivity index (χ2n) is 7.59. The van der Waals surface area contributed by atoms with Gasteiger partial charge in [0.15, 0.2) is 17.3 Å². The Morgan fingerprint density at radius 3 is 2.54 bits per heavy atom. The van der Waals surface area contributed by atoms with Gasteiger partial charge in [0, 0.05) is 11.6 Å². The van der Waals surface area contributed by atoms with Gasteiger partial charge in [-0.05, 0) is 61.0 Å². The Morgan fingerprint density at radius 1 is 1.06 bits per heavy atom. The first-order chi connectivity index (χ1) is 17.1. The first-order valence-corrected chi connectivity index (χ1v) is 11.4. The standard InChI is InChI=1S/C26H27N5O4/c1-4-33-23-14-13-20(16-24(23)34-5-2)18(3)27-26(32)22(17-21-12-9-15-35-21)31-25(28-29-30-31)19-10-7-6-8-11-19/h6-18H,4-5H2,1-3H3,(H,27,32). The molecule has 1 atom stereocenters. The molecule has 0 aliphatic heterocycles. The van der Waals surface area contributed by atoms with Gasteiger partial charge in [0.25, 0.3) is 5.91 Å². The molecule has 2 aromatic carbocycles. The van der Waals surface area contributed by atoms with Crippen LogP contribution in [0, 0.1) is 0 Å². The van der Waals surface area contributed by atoms with E-state index in [2.05, 4.69) is 20.8 Å². The van der Waals surface area contributed by atoms with Crippen LogP contribution < -0.4 is 14.8 Å². The van der Waals surface area contributed by atoms with Crippen molar-refractivity contribution < 1.29 is 18.7 Å². The lowest BCUT2D eigenvalue weighted by Crippen LogP contribution is -2.30. The number of tetrazole rings is 1. The minimum absolute atomic E-state index is 0.214. The molecule has 4 aromatic rings. The van der Waals surface area contributed by atoms with Crippen molar-refractivity contribution >= 4 is 17.7 Å². The number of aromatic nitrogens is 4. The highest BCUT2D eigenvalue weighted by Gasteiger charge is 2.22. The molecule has 0 saturated heterocycles. The molecule has 0 fully saturated rings. The van der Waals surface area contributed by atoms with E-state index in [0.717, 1.165) is 11.1 Å². The fourth-order valence-electron chi connectivity index (χ4n) is 3.54. The highest BCUT2D eigenvalue weighted by molar-refractivity contribution is 6.18. The first-order valence-electron chi connectivity index (χ1n) is 11.4. The Balaban J connectivity index is 1.65. The zero-order chi connectivity index (χ0) is 24.6. The smallest absolute Gasteiger partial charge is 0.270 e. The van der Waals surface area contributed by atoms with E-state index in [1.54, 1.807) is 18.2 Å². The van der Waals surface area contributed by atoms with Crippen molar-refractivity contribution in [1.29, 1.82) is 0 Å². The van der Waals surface area contributed by atoms with Crippen LogP contribution in [0.25, 0.3) is 23.2 Å². The number of ether oxygens (including phenoxy) is 2. The molecule has 0 radical (unpaired) electrons. The van der Waals surface area contributed by atoms with Crippen molar-refractivity contribution in [3.05, 3.63) is 78.3 Å². The second-order valence-corrected chi connectivity index (χ2v) is 7.59. The van der Waals surface area contributed by atoms with Crippen LogP contribution in [0.1, 0.15) is 38.1 Å². The van der Waals surface area contributed by atoms with E-state index in [-0.39, 0.29) is 17.6 Å². The van der Waals surface area contributed by atoms with Gasteiger partial charge < -0.3 is 19.2 Å². The SMILES string of the molecule is CCOc1ccc(C(C)NC(=O)C(=Cc2ccco2)n2nnnc2-c2ccccc2)cc1OCC. The fourth-order valence-corrected chi connectivity index (χ4v) is 3.54. The van der Waals surface area contributed by atoms with Crippen molar-refractivity contribution in [2.75, 3.05) is 13.2 Å². The summed E-state index contributed by atoms with van der Waals surface area (Å²) in [4.78, 5) is 13.5. The van der Waals surface area contributed by atoms with E-state index in [4.69, 9.17) is 13.9 Å². The molecular formula is C26H27N5O4. The molecule has 0 bridgehead atoms. The summed E-state index contributed by atoms with van der Waals surface area (Å²) < 4.78 is 18.2. The van der Waals surface area contributed by atoms with E-state index in [0.29, 0.717) is 36.3 Å². The molecule has 0 saturated carbocycles. The van der Waals surface area contributed by atoms with Crippen molar-refractivity contribution in [2.24, 2.45) is 0 Å². The number of benzene rings is 2. The predicted molar refractivity (Wildman–Crippen MR) is 131 cm³/mol. The molecule has 0 aliphatic rings. The maximum Gasteiger partial charge on any atom is 0.270 e. The zero-order valence-electron chi connectivity index (χ0n) is 19.8. The van der Waals surface area contributed by atoms with Gasteiger partial charge in [0.2, 0.25) is 0 Å². The Labute approximate surface area is 203 Å². The molecule has 180 valence electrons. The van der Waals surface area contributed by atoms with Gasteiger partial charge in [-0.3, -0.25) is 4.79 Å². The Kier molecular flexibility index (Phi) is 7.57. The highest BCUT2D eigenvalue weighted by atomic mass is 16.5. The summed E-state index contributed by atoms with van der Waals surface area (Å²) in [5, 5.41) is 15.1. The molecule has 0 spiro atoms. The van der Waals surface area contributed by atoms with E-state index < -0.39 is 0 Å². The quantitative estimate of drug-likeness (QED) is 0.336. The third-order valence-electron chi connectivity index (χ3n) is 5.20. The van der Waals surface area contributed by atoms with E-state index >= 15 is 0 Å². The van der Waals surface area contributed by atoms with Crippen LogP contribution in [0.3, 0.4) is 0 Å². The Bertz CT molecular complexity index is 1280. The summed E-state index contributed by atoms with van der Waals surface area (Å²) in [5.41, 5.74) is 1.85. The van der Waals surface area contributed by atoms with E-state index in [9.17, 15) is 4.79 Å². The number of hydrogen-bond acceptors (Lipinski definition) is 7. The average molecular weight is 474 g/mol. The maximum absolute atomic E-state index is 13.5. The van der Waals surface area contributed by atoms with Crippen LogP contribution in [0.15, 0.2) is 71.3 Å². The van der Waals surface area contributed by atoms with Gasteiger partial charge in [-0.25, -0.2) is 0 Å². The van der Waals surface area contributed by atoms with Gasteiger partial charge in [0.1, 0.15) is 11.5 Å². The molecular weight excluding hydrogens is 446 g/mol. The van der Waals surface area contributed by atoms with Crippen LogP contribution in [0.5, 0.6) is 11.5 Å². The molecule has 4 rings (SSSR count). The molecule has 2 heterocycles. The summed E-state index contributed by atoms with van der Waals surface area (Å²) in [6, 6.07) is 18.2. The van der Waals surface area contributed by atoms with Crippen LogP contribution in [0.2, 0.25) is 0 Å². The summed E-state index contributed by atoms with van der Waals surface area (Å²) in [5.74, 6) is 1.86. The fraction of sp³-hybridized carbons (Fsp3) is 0.231. The summed E-state index contributed by atoms with van der Waals surface area (Å²) in [7, 11) is 0. The van der Waals surface area contributed by atoms with E-state index in [1.807, 2.05) is 69.3 Å². The molecule has 2 aromatic heterocycles. The lowest BCUT2D eigenvalue weighted by atomic mass is 10.1. The third-order valence-corrected chi connectivity index (χ3v) is 5.20. The number of carbonyl (C=O) groups excluding carboxylic acids is 1. The molecule has 0 aliphatic carbocycles. The monoisotopic (exact) mass is 473 g/mol. The number of nitrogens with zero attached hydrogens (tertiary/aromatic N) is 4. The molecule has 9 nitrogen and oxygen atoms in total. The van der Waals surface area contributed by atoms with Gasteiger partial charge >= 0.3 is 0 Å². The van der Waals surface area contributed by atoms with Crippen molar-refractivity contribution in [1.82, 2.24) is 25.5 Å². The molecule has 1 N–H and O–H groups in total. The van der Waals surface area contributed by atoms with Crippen molar-refractivity contribution in [2.45, 2.75) is 26.8 Å². The maximum atomic E-state index is 13.5. The minimum Gasteiger partial charge on any atom is -0.490 e. The van der Waals surface area contributed by atoms with Crippen LogP contribution >= 0.6 is 0 Å². The number of furan rings is 1. The lowest BCUT2D eigenvalue weighted by Gasteiger charge is -2.18. The van der Waals surface area contributed by atoms with Crippen LogP contribution in [-0.2, 0) is 4.79 Å². The summed E-state index contributed by atoms with van der Waals surface area (Å²) in [6.45, 7) is 6.76. The van der Waals surface area contributed by atoms with Gasteiger partial charge in [0.05, 0.1) is 25.5 Å². The third kappa shape index (κ3) is 5.57. The lowest BCUT2D eigenvalue weighted by molar-refractivity contribution is -0.116. The molecule has 35 heavy (non-hydrogen) atoms. The molecule has 1 amide bonds. The van der Waals surface area contributed by atoms with Gasteiger partial charge in [-0.2, -0.15) is 4.68 Å². The second kappa shape index (κ2) is 11.1. The van der Waals surface area contributed by atoms with Crippen LogP contribution in [-0.4, -0.2) is 39.3 Å². The van der Waals surface area contributed by atoms with Gasteiger partial charge in [-0.1, -0.05) is 36.4 Å². The number of rotatable bonds is 10. The number of nitrogens with one attached hydrogen (secondary N) is 1. The molecule has 1 unspecified atom stereocenters. The Morgan fingerprint density at radius 2 is 1.83 bits per heavy atom. The van der Waals surface area contributed by atoms with Crippen molar-refractivity contribution in [3.8, 4) is 22.9 Å². The summed E-state index contributed by atoms with van der Waals surface area (Å²) >= 11 is 0. The first kappa shape index (κ1) is 23.7. The Hall–Kier alpha value is -4.40. The summed E-state index contributed by atoms with van der Waals surface area (Å²) in [6.07, 6.45) is 3.14. The minimum atomic E-state index is -0.370. The molecule has 9 heteroatoms.